The predicted octanol–water partition coefficient (Wildman–Crippen LogP) is 4.31. The van der Waals surface area contributed by atoms with E-state index in [1.807, 2.05) is 6.92 Å². The number of nitrogens with zero attached hydrogens (tertiary/aromatic N) is 2. The Morgan fingerprint density at radius 2 is 2.08 bits per heavy atom. The molecule has 1 aliphatic carbocycles. The number of halogens is 1. The molecule has 1 unspecified atom stereocenters. The Hall–Kier alpha value is -1.53. The normalized spacial score (nSPS) is 16.2. The van der Waals surface area contributed by atoms with E-state index in [1.54, 1.807) is 24.3 Å². The third-order valence-electron chi connectivity index (χ3n) is 4.23. The summed E-state index contributed by atoms with van der Waals surface area (Å²) >= 11 is 7.21. The molecule has 1 atom stereocenters. The van der Waals surface area contributed by atoms with Gasteiger partial charge in [0, 0.05) is 17.1 Å². The number of benzene rings is 1. The zero-order valence-electron chi connectivity index (χ0n) is 13.6. The first-order valence-electron chi connectivity index (χ1n) is 8.24. The van der Waals surface area contributed by atoms with Crippen LogP contribution >= 0.6 is 23.4 Å². The largest absolute Gasteiger partial charge is 0.325 e. The van der Waals surface area contributed by atoms with Crippen LogP contribution in [0.25, 0.3) is 0 Å². The highest BCUT2D eigenvalue weighted by Crippen LogP contribution is 2.28. The molecule has 128 valence electrons. The monoisotopic (exact) mass is 364 g/mol. The Kier molecular flexibility index (Phi) is 5.79. The number of nitrogens with one attached hydrogen (secondary N) is 2. The topological polar surface area (TPSA) is 70.7 Å². The molecule has 0 bridgehead atoms. The second-order valence-electron chi connectivity index (χ2n) is 6.18. The molecule has 1 saturated carbocycles. The molecule has 7 heteroatoms. The van der Waals surface area contributed by atoms with Crippen LogP contribution in [0.4, 0.5) is 5.69 Å². The van der Waals surface area contributed by atoms with Gasteiger partial charge in [0.1, 0.15) is 5.82 Å². The van der Waals surface area contributed by atoms with E-state index in [1.165, 1.54) is 37.4 Å². The number of aromatic nitrogens is 3. The molecule has 2 aromatic rings. The molecule has 0 spiro atoms. The van der Waals surface area contributed by atoms with Crippen molar-refractivity contribution in [2.24, 2.45) is 5.92 Å². The van der Waals surface area contributed by atoms with E-state index in [4.69, 9.17) is 11.6 Å². The third-order valence-corrected chi connectivity index (χ3v) is 5.44. The molecule has 5 nitrogen and oxygen atoms in total. The van der Waals surface area contributed by atoms with Gasteiger partial charge < -0.3 is 5.32 Å². The lowest BCUT2D eigenvalue weighted by Gasteiger charge is -2.10. The highest BCUT2D eigenvalue weighted by atomic mass is 35.5. The van der Waals surface area contributed by atoms with Crippen LogP contribution in [0, 0.1) is 5.92 Å². The lowest BCUT2D eigenvalue weighted by Crippen LogP contribution is -2.22. The minimum absolute atomic E-state index is 0.0792. The first-order valence-corrected chi connectivity index (χ1v) is 9.50. The molecule has 1 aromatic carbocycles. The van der Waals surface area contributed by atoms with Crippen molar-refractivity contribution in [3.63, 3.8) is 0 Å². The fraction of sp³-hybridized carbons (Fsp3) is 0.471. The van der Waals surface area contributed by atoms with Crippen LogP contribution in [0.5, 0.6) is 0 Å². The van der Waals surface area contributed by atoms with Gasteiger partial charge in [-0.25, -0.2) is 4.98 Å². The van der Waals surface area contributed by atoms with E-state index < -0.39 is 0 Å². The average molecular weight is 365 g/mol. The number of rotatable bonds is 6. The van der Waals surface area contributed by atoms with Crippen molar-refractivity contribution < 1.29 is 4.79 Å². The number of carbonyl (C=O) groups is 1. The Balaban J connectivity index is 1.52. The summed E-state index contributed by atoms with van der Waals surface area (Å²) in [4.78, 5) is 16.8. The van der Waals surface area contributed by atoms with Crippen LogP contribution in [0.15, 0.2) is 29.4 Å². The average Bonchev–Trinajstić information content (AvgIpc) is 3.22. The number of hydrogen-bond acceptors (Lipinski definition) is 4. The number of thioether (sulfide) groups is 1. The molecule has 0 saturated heterocycles. The Morgan fingerprint density at radius 1 is 1.38 bits per heavy atom. The molecular weight excluding hydrogens is 344 g/mol. The quantitative estimate of drug-likeness (QED) is 0.749. The predicted molar refractivity (Wildman–Crippen MR) is 97.4 cm³/mol. The fourth-order valence-corrected chi connectivity index (χ4v) is 3.77. The standard InChI is InChI=1S/C17H21ClN4OS/c1-11(16(23)19-14-8-6-13(18)7-9-14)24-17-20-15(21-22-17)10-12-4-2-3-5-12/h6-9,11-12H,2-5,10H2,1H3,(H,19,23)(H,20,21,22). The van der Waals surface area contributed by atoms with Gasteiger partial charge in [0.25, 0.3) is 0 Å². The van der Waals surface area contributed by atoms with Gasteiger partial charge in [-0.2, -0.15) is 0 Å². The lowest BCUT2D eigenvalue weighted by atomic mass is 10.0. The van der Waals surface area contributed by atoms with E-state index in [0.717, 1.165) is 23.9 Å². The van der Waals surface area contributed by atoms with Crippen LogP contribution in [-0.4, -0.2) is 26.3 Å². The molecule has 24 heavy (non-hydrogen) atoms. The van der Waals surface area contributed by atoms with Crippen molar-refractivity contribution in [1.82, 2.24) is 15.2 Å². The van der Waals surface area contributed by atoms with Crippen molar-refractivity contribution >= 4 is 35.0 Å². The van der Waals surface area contributed by atoms with Crippen LogP contribution in [0.3, 0.4) is 0 Å². The number of anilines is 1. The van der Waals surface area contributed by atoms with Crippen molar-refractivity contribution in [2.45, 2.75) is 49.4 Å². The molecule has 3 rings (SSSR count). The van der Waals surface area contributed by atoms with Gasteiger partial charge in [-0.3, -0.25) is 9.89 Å². The van der Waals surface area contributed by atoms with E-state index >= 15 is 0 Å². The van der Waals surface area contributed by atoms with Crippen LogP contribution in [0.1, 0.15) is 38.4 Å². The van der Waals surface area contributed by atoms with Gasteiger partial charge in [0.2, 0.25) is 11.1 Å². The second kappa shape index (κ2) is 8.03. The van der Waals surface area contributed by atoms with E-state index in [0.29, 0.717) is 10.2 Å². The van der Waals surface area contributed by atoms with Crippen LogP contribution < -0.4 is 5.32 Å². The number of amides is 1. The van der Waals surface area contributed by atoms with Gasteiger partial charge in [-0.05, 0) is 37.1 Å². The van der Waals surface area contributed by atoms with Crippen LogP contribution in [-0.2, 0) is 11.2 Å². The third kappa shape index (κ3) is 4.74. The molecule has 0 radical (unpaired) electrons. The van der Waals surface area contributed by atoms with E-state index in [2.05, 4.69) is 20.5 Å². The highest BCUT2D eigenvalue weighted by molar-refractivity contribution is 8.00. The van der Waals surface area contributed by atoms with Crippen molar-refractivity contribution in [3.8, 4) is 0 Å². The summed E-state index contributed by atoms with van der Waals surface area (Å²) < 4.78 is 0. The Morgan fingerprint density at radius 3 is 2.79 bits per heavy atom. The number of H-pyrrole nitrogens is 1. The SMILES string of the molecule is CC(Sc1n[nH]c(CC2CCCC2)n1)C(=O)Nc1ccc(Cl)cc1. The Labute approximate surface area is 151 Å². The summed E-state index contributed by atoms with van der Waals surface area (Å²) in [5.41, 5.74) is 0.730. The fourth-order valence-electron chi connectivity index (χ4n) is 2.90. The van der Waals surface area contributed by atoms with Crippen LogP contribution in [0.2, 0.25) is 5.02 Å². The van der Waals surface area contributed by atoms with Crippen molar-refractivity contribution in [2.75, 3.05) is 5.32 Å². The first-order chi connectivity index (χ1) is 11.6. The number of carbonyl (C=O) groups excluding carboxylic acids is 1. The van der Waals surface area contributed by atoms with Gasteiger partial charge in [0.05, 0.1) is 5.25 Å². The van der Waals surface area contributed by atoms with Gasteiger partial charge >= 0.3 is 0 Å². The molecule has 1 aromatic heterocycles. The lowest BCUT2D eigenvalue weighted by molar-refractivity contribution is -0.115. The zero-order chi connectivity index (χ0) is 16.9. The second-order valence-corrected chi connectivity index (χ2v) is 7.92. The van der Waals surface area contributed by atoms with E-state index in [-0.39, 0.29) is 11.2 Å². The number of aromatic amines is 1. The minimum atomic E-state index is -0.282. The van der Waals surface area contributed by atoms with Crippen molar-refractivity contribution in [1.29, 1.82) is 0 Å². The summed E-state index contributed by atoms with van der Waals surface area (Å²) in [5, 5.41) is 11.1. The summed E-state index contributed by atoms with van der Waals surface area (Å²) in [6, 6.07) is 7.06. The minimum Gasteiger partial charge on any atom is -0.325 e. The molecule has 1 amide bonds. The Bertz CT molecular complexity index is 682. The maximum atomic E-state index is 12.3. The molecule has 1 aliphatic rings. The molecule has 0 aliphatic heterocycles. The first kappa shape index (κ1) is 17.3. The van der Waals surface area contributed by atoms with Crippen molar-refractivity contribution in [3.05, 3.63) is 35.1 Å². The maximum absolute atomic E-state index is 12.3. The van der Waals surface area contributed by atoms with Gasteiger partial charge in [0.15, 0.2) is 0 Å². The summed E-state index contributed by atoms with van der Waals surface area (Å²) in [6.45, 7) is 1.85. The summed E-state index contributed by atoms with van der Waals surface area (Å²) in [6.07, 6.45) is 6.16. The smallest absolute Gasteiger partial charge is 0.237 e. The summed E-state index contributed by atoms with van der Waals surface area (Å²) in [7, 11) is 0. The molecule has 2 N–H and O–H groups in total. The van der Waals surface area contributed by atoms with Gasteiger partial charge in [-0.1, -0.05) is 49.0 Å². The highest BCUT2D eigenvalue weighted by Gasteiger charge is 2.20. The zero-order valence-corrected chi connectivity index (χ0v) is 15.2. The molecular formula is C17H21ClN4OS. The number of hydrogen-bond donors (Lipinski definition) is 2. The maximum Gasteiger partial charge on any atom is 0.237 e. The summed E-state index contributed by atoms with van der Waals surface area (Å²) in [5.74, 6) is 1.57. The van der Waals surface area contributed by atoms with Gasteiger partial charge in [-0.15, -0.1) is 5.10 Å². The van der Waals surface area contributed by atoms with E-state index in [9.17, 15) is 4.79 Å². The molecule has 1 fully saturated rings. The molecule has 1 heterocycles.